The van der Waals surface area contributed by atoms with E-state index in [4.69, 9.17) is 11.6 Å². The number of hydrogen-bond acceptors (Lipinski definition) is 3. The molecule has 0 saturated carbocycles. The Kier molecular flexibility index (Phi) is 5.17. The third-order valence-electron chi connectivity index (χ3n) is 1.63. The Hall–Kier alpha value is 0.300. The van der Waals surface area contributed by atoms with Crippen molar-refractivity contribution in [3.63, 3.8) is 0 Å². The standard InChI is InChI=1S/C9H14ClNS2/c1-11(2)3-4-12-5-8-6-13-7-9(8)10/h6-7H,3-5H2,1-2H3. The number of rotatable bonds is 5. The van der Waals surface area contributed by atoms with Crippen molar-refractivity contribution in [1.82, 2.24) is 4.90 Å². The van der Waals surface area contributed by atoms with E-state index in [9.17, 15) is 0 Å². The van der Waals surface area contributed by atoms with Gasteiger partial charge in [0.25, 0.3) is 0 Å². The van der Waals surface area contributed by atoms with Crippen LogP contribution >= 0.6 is 34.7 Å². The van der Waals surface area contributed by atoms with E-state index in [2.05, 4.69) is 24.4 Å². The SMILES string of the molecule is CN(C)CCSCc1cscc1Cl. The summed E-state index contributed by atoms with van der Waals surface area (Å²) in [5, 5.41) is 5.04. The first-order chi connectivity index (χ1) is 6.20. The fraction of sp³-hybridized carbons (Fsp3) is 0.556. The lowest BCUT2D eigenvalue weighted by molar-refractivity contribution is 0.437. The number of thioether (sulfide) groups is 1. The average molecular weight is 236 g/mol. The molecule has 0 amide bonds. The van der Waals surface area contributed by atoms with E-state index in [-0.39, 0.29) is 0 Å². The summed E-state index contributed by atoms with van der Waals surface area (Å²) in [5.74, 6) is 2.20. The summed E-state index contributed by atoms with van der Waals surface area (Å²) in [4.78, 5) is 2.20. The van der Waals surface area contributed by atoms with Gasteiger partial charge >= 0.3 is 0 Å². The van der Waals surface area contributed by atoms with Crippen LogP contribution in [0.5, 0.6) is 0 Å². The maximum Gasteiger partial charge on any atom is 0.0553 e. The van der Waals surface area contributed by atoms with Gasteiger partial charge in [0.2, 0.25) is 0 Å². The largest absolute Gasteiger partial charge is 0.309 e. The van der Waals surface area contributed by atoms with Crippen LogP contribution in [0.25, 0.3) is 0 Å². The predicted octanol–water partition coefficient (Wildman–Crippen LogP) is 3.20. The third-order valence-corrected chi connectivity index (χ3v) is 3.89. The fourth-order valence-electron chi connectivity index (χ4n) is 0.840. The van der Waals surface area contributed by atoms with E-state index >= 15 is 0 Å². The molecule has 0 aromatic carbocycles. The van der Waals surface area contributed by atoms with Crippen molar-refractivity contribution in [2.75, 3.05) is 26.4 Å². The van der Waals surface area contributed by atoms with Gasteiger partial charge in [0.05, 0.1) is 5.02 Å². The average Bonchev–Trinajstić information content (AvgIpc) is 2.45. The summed E-state index contributed by atoms with van der Waals surface area (Å²) < 4.78 is 0. The first kappa shape index (κ1) is 11.4. The van der Waals surface area contributed by atoms with Crippen LogP contribution in [0.15, 0.2) is 10.8 Å². The summed E-state index contributed by atoms with van der Waals surface area (Å²) in [6.45, 7) is 1.13. The molecule has 0 bridgehead atoms. The van der Waals surface area contributed by atoms with Gasteiger partial charge in [0.15, 0.2) is 0 Å². The molecule has 0 atom stereocenters. The Morgan fingerprint density at radius 1 is 1.46 bits per heavy atom. The fourth-order valence-corrected chi connectivity index (χ4v) is 3.18. The molecule has 0 aliphatic carbocycles. The minimum Gasteiger partial charge on any atom is -0.309 e. The zero-order chi connectivity index (χ0) is 9.68. The molecule has 0 aliphatic rings. The molecule has 0 fully saturated rings. The molecular weight excluding hydrogens is 222 g/mol. The molecule has 0 aliphatic heterocycles. The Bertz CT molecular complexity index is 248. The Labute approximate surface area is 93.1 Å². The number of halogens is 1. The lowest BCUT2D eigenvalue weighted by Crippen LogP contribution is -2.14. The van der Waals surface area contributed by atoms with Crippen LogP contribution in [-0.2, 0) is 5.75 Å². The van der Waals surface area contributed by atoms with Crippen molar-refractivity contribution >= 4 is 34.7 Å². The van der Waals surface area contributed by atoms with Crippen LogP contribution in [0.2, 0.25) is 5.02 Å². The summed E-state index contributed by atoms with van der Waals surface area (Å²) in [6.07, 6.45) is 0. The van der Waals surface area contributed by atoms with Gasteiger partial charge in [-0.25, -0.2) is 0 Å². The lowest BCUT2D eigenvalue weighted by atomic mass is 10.4. The summed E-state index contributed by atoms with van der Waals surface area (Å²) in [6, 6.07) is 0. The number of hydrogen-bond donors (Lipinski definition) is 0. The van der Waals surface area contributed by atoms with Crippen molar-refractivity contribution < 1.29 is 0 Å². The number of thiophene rings is 1. The molecule has 4 heteroatoms. The summed E-state index contributed by atoms with van der Waals surface area (Å²) in [7, 11) is 4.19. The maximum atomic E-state index is 5.97. The van der Waals surface area contributed by atoms with Crippen LogP contribution in [0.3, 0.4) is 0 Å². The first-order valence-corrected chi connectivity index (χ1v) is 6.60. The highest BCUT2D eigenvalue weighted by Crippen LogP contribution is 2.24. The van der Waals surface area contributed by atoms with Gasteiger partial charge in [-0.1, -0.05) is 11.6 Å². The minimum absolute atomic E-state index is 0.919. The molecule has 0 radical (unpaired) electrons. The van der Waals surface area contributed by atoms with E-state index in [0.717, 1.165) is 17.3 Å². The quantitative estimate of drug-likeness (QED) is 0.722. The van der Waals surface area contributed by atoms with E-state index in [1.54, 1.807) is 11.3 Å². The molecule has 1 aromatic rings. The van der Waals surface area contributed by atoms with Gasteiger partial charge in [-0.15, -0.1) is 0 Å². The molecule has 0 unspecified atom stereocenters. The van der Waals surface area contributed by atoms with Gasteiger partial charge in [-0.05, 0) is 25.0 Å². The predicted molar refractivity (Wildman–Crippen MR) is 64.0 cm³/mol. The van der Waals surface area contributed by atoms with Crippen molar-refractivity contribution in [1.29, 1.82) is 0 Å². The van der Waals surface area contributed by atoms with Crippen molar-refractivity contribution in [3.8, 4) is 0 Å². The maximum absolute atomic E-state index is 5.97. The van der Waals surface area contributed by atoms with Gasteiger partial charge in [-0.3, -0.25) is 0 Å². The smallest absolute Gasteiger partial charge is 0.0553 e. The second-order valence-electron chi connectivity index (χ2n) is 3.10. The minimum atomic E-state index is 0.919. The first-order valence-electron chi connectivity index (χ1n) is 4.13. The Morgan fingerprint density at radius 3 is 2.77 bits per heavy atom. The molecule has 1 aromatic heterocycles. The second kappa shape index (κ2) is 5.91. The summed E-state index contributed by atoms with van der Waals surface area (Å²) in [5.41, 5.74) is 1.27. The highest BCUT2D eigenvalue weighted by molar-refractivity contribution is 7.98. The molecule has 13 heavy (non-hydrogen) atoms. The molecule has 0 spiro atoms. The zero-order valence-corrected chi connectivity index (χ0v) is 10.3. The van der Waals surface area contributed by atoms with Crippen LogP contribution in [0.1, 0.15) is 5.56 Å². The topological polar surface area (TPSA) is 3.24 Å². The molecule has 0 saturated heterocycles. The van der Waals surface area contributed by atoms with Crippen LogP contribution < -0.4 is 0 Å². The van der Waals surface area contributed by atoms with Gasteiger partial charge in [0, 0.05) is 23.4 Å². The monoisotopic (exact) mass is 235 g/mol. The zero-order valence-electron chi connectivity index (χ0n) is 7.92. The Balaban J connectivity index is 2.17. The van der Waals surface area contributed by atoms with Crippen molar-refractivity contribution in [2.24, 2.45) is 0 Å². The van der Waals surface area contributed by atoms with Gasteiger partial charge < -0.3 is 4.90 Å². The number of nitrogens with zero attached hydrogens (tertiary/aromatic N) is 1. The second-order valence-corrected chi connectivity index (χ2v) is 5.36. The van der Waals surface area contributed by atoms with Crippen molar-refractivity contribution in [3.05, 3.63) is 21.3 Å². The molecule has 1 nitrogen and oxygen atoms in total. The molecule has 1 heterocycles. The normalized spacial score (nSPS) is 11.1. The van der Waals surface area contributed by atoms with E-state index in [1.807, 2.05) is 17.1 Å². The van der Waals surface area contributed by atoms with E-state index in [1.165, 1.54) is 11.3 Å². The third kappa shape index (κ3) is 4.36. The molecule has 74 valence electrons. The highest BCUT2D eigenvalue weighted by Gasteiger charge is 2.00. The van der Waals surface area contributed by atoms with Gasteiger partial charge in [0.1, 0.15) is 0 Å². The van der Waals surface area contributed by atoms with Crippen molar-refractivity contribution in [2.45, 2.75) is 5.75 Å². The summed E-state index contributed by atoms with van der Waals surface area (Å²) >= 11 is 9.58. The van der Waals surface area contributed by atoms with Crippen LogP contribution in [0, 0.1) is 0 Å². The Morgan fingerprint density at radius 2 is 2.23 bits per heavy atom. The van der Waals surface area contributed by atoms with E-state index < -0.39 is 0 Å². The molecule has 1 rings (SSSR count). The van der Waals surface area contributed by atoms with Crippen LogP contribution in [0.4, 0.5) is 0 Å². The van der Waals surface area contributed by atoms with Gasteiger partial charge in [-0.2, -0.15) is 23.1 Å². The lowest BCUT2D eigenvalue weighted by Gasteiger charge is -2.08. The molecule has 0 N–H and O–H groups in total. The highest BCUT2D eigenvalue weighted by atomic mass is 35.5. The van der Waals surface area contributed by atoms with Crippen LogP contribution in [-0.4, -0.2) is 31.3 Å². The van der Waals surface area contributed by atoms with E-state index in [0.29, 0.717) is 0 Å². The molecular formula is C9H14ClNS2.